The van der Waals surface area contributed by atoms with Gasteiger partial charge in [-0.2, -0.15) is 0 Å². The van der Waals surface area contributed by atoms with Crippen LogP contribution in [0.25, 0.3) is 0 Å². The molecule has 0 spiro atoms. The summed E-state index contributed by atoms with van der Waals surface area (Å²) in [4.78, 5) is 0. The van der Waals surface area contributed by atoms with Gasteiger partial charge >= 0.3 is 0 Å². The molecule has 1 rings (SSSR count). The van der Waals surface area contributed by atoms with Gasteiger partial charge in [0.25, 0.3) is 0 Å². The van der Waals surface area contributed by atoms with E-state index in [2.05, 4.69) is 5.32 Å². The van der Waals surface area contributed by atoms with Crippen molar-refractivity contribution in [3.05, 3.63) is 0 Å². The minimum Gasteiger partial charge on any atom is -0.350 e. The molecule has 0 aromatic carbocycles. The van der Waals surface area contributed by atoms with E-state index in [1.807, 2.05) is 14.0 Å². The second kappa shape index (κ2) is 4.70. The van der Waals surface area contributed by atoms with E-state index in [1.54, 1.807) is 0 Å². The van der Waals surface area contributed by atoms with E-state index in [0.29, 0.717) is 6.10 Å². The van der Waals surface area contributed by atoms with Gasteiger partial charge in [-0.05, 0) is 33.4 Å². The van der Waals surface area contributed by atoms with Gasteiger partial charge in [-0.3, -0.25) is 0 Å². The zero-order valence-corrected chi connectivity index (χ0v) is 7.30. The Morgan fingerprint density at radius 1 is 1.55 bits per heavy atom. The van der Waals surface area contributed by atoms with E-state index in [-0.39, 0.29) is 6.29 Å². The highest BCUT2D eigenvalue weighted by Gasteiger charge is 2.38. The lowest BCUT2D eigenvalue weighted by Gasteiger charge is -1.95. The summed E-state index contributed by atoms with van der Waals surface area (Å²) < 4.78 is 10.5. The number of rotatable bonds is 6. The Morgan fingerprint density at radius 3 is 3.00 bits per heavy atom. The maximum atomic E-state index is 5.25. The molecule has 1 heterocycles. The first-order valence-electron chi connectivity index (χ1n) is 4.30. The molecule has 2 atom stereocenters. The number of hydrogen-bond donors (Lipinski definition) is 1. The predicted octanol–water partition coefficient (Wildman–Crippen LogP) is 0.747. The third-order valence-electron chi connectivity index (χ3n) is 1.78. The van der Waals surface area contributed by atoms with Crippen molar-refractivity contribution in [2.75, 3.05) is 20.2 Å². The fraction of sp³-hybridized carbons (Fsp3) is 1.00. The van der Waals surface area contributed by atoms with Crippen LogP contribution in [0.3, 0.4) is 0 Å². The second-order valence-electron chi connectivity index (χ2n) is 2.74. The normalized spacial score (nSPS) is 28.9. The number of epoxide rings is 1. The van der Waals surface area contributed by atoms with E-state index < -0.39 is 0 Å². The lowest BCUT2D eigenvalue weighted by molar-refractivity contribution is 0.0593. The fourth-order valence-corrected chi connectivity index (χ4v) is 1.12. The molecule has 1 aliphatic heterocycles. The minimum absolute atomic E-state index is 0.108. The lowest BCUT2D eigenvalue weighted by atomic mass is 10.2. The molecule has 1 aliphatic rings. The van der Waals surface area contributed by atoms with Gasteiger partial charge in [0.15, 0.2) is 6.29 Å². The summed E-state index contributed by atoms with van der Waals surface area (Å²) in [6.45, 7) is 3.82. The molecular formula is C8H17NO2. The van der Waals surface area contributed by atoms with Crippen LogP contribution < -0.4 is 5.32 Å². The average Bonchev–Trinajstić information content (AvgIpc) is 2.70. The molecule has 0 amide bonds. The van der Waals surface area contributed by atoms with Crippen LogP contribution in [0.2, 0.25) is 0 Å². The van der Waals surface area contributed by atoms with E-state index >= 15 is 0 Å². The topological polar surface area (TPSA) is 33.8 Å². The molecule has 0 aliphatic carbocycles. The fourth-order valence-electron chi connectivity index (χ4n) is 1.12. The third kappa shape index (κ3) is 3.18. The van der Waals surface area contributed by atoms with E-state index in [4.69, 9.17) is 9.47 Å². The predicted molar refractivity (Wildman–Crippen MR) is 43.4 cm³/mol. The summed E-state index contributed by atoms with van der Waals surface area (Å²) in [6.07, 6.45) is 2.77. The third-order valence-corrected chi connectivity index (χ3v) is 1.78. The Labute approximate surface area is 68.1 Å². The molecule has 1 fully saturated rings. The number of ether oxygens (including phenoxy) is 2. The van der Waals surface area contributed by atoms with Crippen LogP contribution in [0.15, 0.2) is 0 Å². The van der Waals surface area contributed by atoms with Crippen LogP contribution in [0.5, 0.6) is 0 Å². The van der Waals surface area contributed by atoms with Gasteiger partial charge in [0.1, 0.15) is 6.10 Å². The Kier molecular flexibility index (Phi) is 3.83. The monoisotopic (exact) mass is 159 g/mol. The number of nitrogens with one attached hydrogen (secondary N) is 1. The summed E-state index contributed by atoms with van der Waals surface area (Å²) in [5, 5.41) is 3.10. The summed E-state index contributed by atoms with van der Waals surface area (Å²) in [5.41, 5.74) is 0. The first kappa shape index (κ1) is 8.97. The largest absolute Gasteiger partial charge is 0.350 e. The van der Waals surface area contributed by atoms with Crippen molar-refractivity contribution < 1.29 is 9.47 Å². The van der Waals surface area contributed by atoms with Crippen molar-refractivity contribution in [1.82, 2.24) is 5.32 Å². The van der Waals surface area contributed by atoms with Gasteiger partial charge in [-0.25, -0.2) is 0 Å². The van der Waals surface area contributed by atoms with Gasteiger partial charge in [-0.1, -0.05) is 0 Å². The molecule has 0 bridgehead atoms. The van der Waals surface area contributed by atoms with Gasteiger partial charge < -0.3 is 14.8 Å². The highest BCUT2D eigenvalue weighted by atomic mass is 16.8. The summed E-state index contributed by atoms with van der Waals surface area (Å²) in [6, 6.07) is 0. The van der Waals surface area contributed by atoms with Crippen molar-refractivity contribution in [2.24, 2.45) is 0 Å². The maximum Gasteiger partial charge on any atom is 0.184 e. The van der Waals surface area contributed by atoms with Crippen LogP contribution >= 0.6 is 0 Å². The van der Waals surface area contributed by atoms with Crippen LogP contribution in [0.4, 0.5) is 0 Å². The molecule has 11 heavy (non-hydrogen) atoms. The Balaban J connectivity index is 1.87. The molecule has 1 saturated heterocycles. The van der Waals surface area contributed by atoms with Crippen molar-refractivity contribution in [3.63, 3.8) is 0 Å². The van der Waals surface area contributed by atoms with E-state index in [0.717, 1.165) is 19.6 Å². The zero-order chi connectivity index (χ0) is 8.10. The summed E-state index contributed by atoms with van der Waals surface area (Å²) >= 11 is 0. The second-order valence-corrected chi connectivity index (χ2v) is 2.74. The average molecular weight is 159 g/mol. The molecule has 0 saturated carbocycles. The first-order valence-corrected chi connectivity index (χ1v) is 4.30. The molecule has 0 aromatic rings. The van der Waals surface area contributed by atoms with Crippen LogP contribution in [-0.4, -0.2) is 32.6 Å². The van der Waals surface area contributed by atoms with Crippen LogP contribution in [-0.2, 0) is 9.47 Å². The highest BCUT2D eigenvalue weighted by molar-refractivity contribution is 4.76. The van der Waals surface area contributed by atoms with Gasteiger partial charge in [0.2, 0.25) is 0 Å². The summed E-state index contributed by atoms with van der Waals surface area (Å²) in [7, 11) is 1.97. The van der Waals surface area contributed by atoms with E-state index in [1.165, 1.54) is 6.42 Å². The van der Waals surface area contributed by atoms with Crippen LogP contribution in [0.1, 0.15) is 19.8 Å². The van der Waals surface area contributed by atoms with Gasteiger partial charge in [0, 0.05) is 6.61 Å². The van der Waals surface area contributed by atoms with Crippen molar-refractivity contribution in [2.45, 2.75) is 32.2 Å². The minimum atomic E-state index is 0.108. The molecule has 0 radical (unpaired) electrons. The molecule has 0 aromatic heterocycles. The number of hydrogen-bond acceptors (Lipinski definition) is 3. The summed E-state index contributed by atoms with van der Waals surface area (Å²) in [5.74, 6) is 0. The molecule has 3 nitrogen and oxygen atoms in total. The lowest BCUT2D eigenvalue weighted by Crippen LogP contribution is -2.09. The standard InChI is InChI=1S/C8H17NO2/c1-3-10-8-7(11-8)5-4-6-9-2/h7-9H,3-6H2,1-2H3. The van der Waals surface area contributed by atoms with Crippen molar-refractivity contribution >= 4 is 0 Å². The molecule has 66 valence electrons. The van der Waals surface area contributed by atoms with Crippen LogP contribution in [0, 0.1) is 0 Å². The molecule has 2 unspecified atom stereocenters. The maximum absolute atomic E-state index is 5.25. The first-order chi connectivity index (χ1) is 5.38. The Bertz CT molecular complexity index is 108. The Hall–Kier alpha value is -0.120. The molecular weight excluding hydrogens is 142 g/mol. The van der Waals surface area contributed by atoms with Gasteiger partial charge in [0.05, 0.1) is 0 Å². The zero-order valence-electron chi connectivity index (χ0n) is 7.30. The van der Waals surface area contributed by atoms with Crippen molar-refractivity contribution in [1.29, 1.82) is 0 Å². The SMILES string of the molecule is CCOC1OC1CCCNC. The van der Waals surface area contributed by atoms with E-state index in [9.17, 15) is 0 Å². The molecule has 1 N–H and O–H groups in total. The molecule has 3 heteroatoms. The van der Waals surface area contributed by atoms with Crippen molar-refractivity contribution in [3.8, 4) is 0 Å². The van der Waals surface area contributed by atoms with Gasteiger partial charge in [-0.15, -0.1) is 0 Å². The Morgan fingerprint density at radius 2 is 2.36 bits per heavy atom. The smallest absolute Gasteiger partial charge is 0.184 e. The highest BCUT2D eigenvalue weighted by Crippen LogP contribution is 2.26. The quantitative estimate of drug-likeness (QED) is 0.458.